The predicted octanol–water partition coefficient (Wildman–Crippen LogP) is 0.601. The van der Waals surface area contributed by atoms with Crippen LogP contribution < -0.4 is 0 Å². The van der Waals surface area contributed by atoms with Gasteiger partial charge in [0.25, 0.3) is 0 Å². The number of aliphatic hydroxyl groups is 1. The number of carbonyl (C=O) groups is 1. The molecule has 0 bridgehead atoms. The van der Waals surface area contributed by atoms with E-state index in [9.17, 15) is 9.90 Å². The van der Waals surface area contributed by atoms with E-state index in [1.807, 2.05) is 24.3 Å². The van der Waals surface area contributed by atoms with Crippen LogP contribution in [0.2, 0.25) is 0 Å². The first-order chi connectivity index (χ1) is 6.12. The highest BCUT2D eigenvalue weighted by molar-refractivity contribution is 5.79. The maximum absolute atomic E-state index is 10.7. The van der Waals surface area contributed by atoms with Crippen molar-refractivity contribution in [1.29, 1.82) is 0 Å². The number of hydrogen-bond donors (Lipinski definition) is 2. The van der Waals surface area contributed by atoms with Crippen molar-refractivity contribution in [3.8, 4) is 0 Å². The van der Waals surface area contributed by atoms with Gasteiger partial charge in [-0.2, -0.15) is 0 Å². The fourth-order valence-corrected chi connectivity index (χ4v) is 1.75. The normalized spacial score (nSPS) is 18.2. The highest BCUT2D eigenvalue weighted by atomic mass is 16.4. The van der Waals surface area contributed by atoms with E-state index in [0.29, 0.717) is 0 Å². The van der Waals surface area contributed by atoms with Crippen molar-refractivity contribution < 1.29 is 15.0 Å². The van der Waals surface area contributed by atoms with E-state index in [2.05, 4.69) is 0 Å². The second kappa shape index (κ2) is 2.57. The molecule has 3 nitrogen and oxygen atoms in total. The van der Waals surface area contributed by atoms with Crippen molar-refractivity contribution in [2.24, 2.45) is 0 Å². The molecule has 0 atom stereocenters. The van der Waals surface area contributed by atoms with Crippen molar-refractivity contribution in [1.82, 2.24) is 0 Å². The van der Waals surface area contributed by atoms with Crippen molar-refractivity contribution in [3.63, 3.8) is 0 Å². The molecular weight excluding hydrogens is 168 g/mol. The third-order valence-electron chi connectivity index (χ3n) is 2.48. The Morgan fingerprint density at radius 2 is 1.69 bits per heavy atom. The molecule has 1 aromatic rings. The first-order valence-electron chi connectivity index (χ1n) is 4.14. The Balaban J connectivity index is 2.37. The van der Waals surface area contributed by atoms with Gasteiger partial charge in [-0.3, -0.25) is 0 Å². The van der Waals surface area contributed by atoms with Gasteiger partial charge < -0.3 is 10.2 Å². The summed E-state index contributed by atoms with van der Waals surface area (Å²) in [6, 6.07) is 7.42. The van der Waals surface area contributed by atoms with E-state index >= 15 is 0 Å². The second-order valence-electron chi connectivity index (χ2n) is 3.46. The molecule has 0 spiro atoms. The van der Waals surface area contributed by atoms with Gasteiger partial charge in [-0.05, 0) is 11.1 Å². The molecule has 0 saturated heterocycles. The van der Waals surface area contributed by atoms with Crippen molar-refractivity contribution in [3.05, 3.63) is 35.4 Å². The minimum Gasteiger partial charge on any atom is -0.479 e. The number of fused-ring (bicyclic) bond motifs is 1. The maximum atomic E-state index is 10.7. The van der Waals surface area contributed by atoms with Crippen molar-refractivity contribution >= 4 is 5.97 Å². The van der Waals surface area contributed by atoms with Gasteiger partial charge in [0.1, 0.15) is 0 Å². The molecule has 2 N–H and O–H groups in total. The molecule has 0 amide bonds. The van der Waals surface area contributed by atoms with E-state index in [4.69, 9.17) is 5.11 Å². The Labute approximate surface area is 75.6 Å². The van der Waals surface area contributed by atoms with E-state index in [1.54, 1.807) is 0 Å². The largest absolute Gasteiger partial charge is 0.479 e. The summed E-state index contributed by atoms with van der Waals surface area (Å²) < 4.78 is 0. The van der Waals surface area contributed by atoms with E-state index < -0.39 is 11.6 Å². The number of benzene rings is 1. The maximum Gasteiger partial charge on any atom is 0.336 e. The van der Waals surface area contributed by atoms with Gasteiger partial charge in [0.05, 0.1) is 0 Å². The molecule has 0 aromatic heterocycles. The van der Waals surface area contributed by atoms with Gasteiger partial charge in [-0.15, -0.1) is 0 Å². The number of carboxylic acids is 1. The van der Waals surface area contributed by atoms with Crippen LogP contribution in [0.15, 0.2) is 24.3 Å². The summed E-state index contributed by atoms with van der Waals surface area (Å²) in [4.78, 5) is 10.7. The highest BCUT2D eigenvalue weighted by Crippen LogP contribution is 2.29. The lowest BCUT2D eigenvalue weighted by Gasteiger charge is -2.14. The molecule has 1 aromatic carbocycles. The molecule has 13 heavy (non-hydrogen) atoms. The quantitative estimate of drug-likeness (QED) is 0.662. The lowest BCUT2D eigenvalue weighted by Crippen LogP contribution is -2.39. The van der Waals surface area contributed by atoms with Crippen LogP contribution in [0.1, 0.15) is 11.1 Å². The van der Waals surface area contributed by atoms with E-state index in [-0.39, 0.29) is 12.8 Å². The number of rotatable bonds is 1. The Bertz CT molecular complexity index is 332. The number of aliphatic carboxylic acids is 1. The second-order valence-corrected chi connectivity index (χ2v) is 3.46. The van der Waals surface area contributed by atoms with Crippen molar-refractivity contribution in [2.45, 2.75) is 18.4 Å². The molecule has 0 fully saturated rings. The van der Waals surface area contributed by atoms with Gasteiger partial charge >= 0.3 is 5.97 Å². The molecule has 3 heteroatoms. The zero-order valence-corrected chi connectivity index (χ0v) is 7.03. The molecule has 0 saturated carbocycles. The van der Waals surface area contributed by atoms with Crippen LogP contribution in [0, 0.1) is 0 Å². The molecule has 1 aliphatic rings. The zero-order chi connectivity index (χ0) is 9.47. The molecule has 1 aliphatic carbocycles. The van der Waals surface area contributed by atoms with Crippen LogP contribution in [0.25, 0.3) is 0 Å². The van der Waals surface area contributed by atoms with Crippen LogP contribution in [0.3, 0.4) is 0 Å². The standard InChI is InChI=1S/C10H10O3/c11-9(12)10(13)5-7-3-1-2-4-8(7)6-10/h1-4,13H,5-6H2,(H,11,12). The van der Waals surface area contributed by atoms with Crippen LogP contribution in [-0.2, 0) is 17.6 Å². The molecule has 0 unspecified atom stereocenters. The first-order valence-corrected chi connectivity index (χ1v) is 4.14. The Kier molecular flexibility index (Phi) is 1.63. The fourth-order valence-electron chi connectivity index (χ4n) is 1.75. The number of carboxylic acid groups (broad SMARTS) is 1. The summed E-state index contributed by atoms with van der Waals surface area (Å²) >= 11 is 0. The summed E-state index contributed by atoms with van der Waals surface area (Å²) in [6.07, 6.45) is 0.441. The summed E-state index contributed by atoms with van der Waals surface area (Å²) in [6.45, 7) is 0. The van der Waals surface area contributed by atoms with Crippen LogP contribution in [0.5, 0.6) is 0 Å². The predicted molar refractivity (Wildman–Crippen MR) is 46.4 cm³/mol. The molecular formula is C10H10O3. The monoisotopic (exact) mass is 178 g/mol. The summed E-state index contributed by atoms with van der Waals surface area (Å²) in [7, 11) is 0. The van der Waals surface area contributed by atoms with Crippen LogP contribution in [0.4, 0.5) is 0 Å². The molecule has 0 aliphatic heterocycles. The molecule has 0 heterocycles. The van der Waals surface area contributed by atoms with Crippen LogP contribution >= 0.6 is 0 Å². The van der Waals surface area contributed by atoms with Gasteiger partial charge in [0.2, 0.25) is 0 Å². The third kappa shape index (κ3) is 1.21. The minimum absolute atomic E-state index is 0.221. The molecule has 0 radical (unpaired) electrons. The smallest absolute Gasteiger partial charge is 0.336 e. The molecule has 2 rings (SSSR count). The van der Waals surface area contributed by atoms with Gasteiger partial charge in [-0.1, -0.05) is 24.3 Å². The van der Waals surface area contributed by atoms with Crippen molar-refractivity contribution in [2.75, 3.05) is 0 Å². The average molecular weight is 178 g/mol. The Hall–Kier alpha value is -1.35. The summed E-state index contributed by atoms with van der Waals surface area (Å²) in [5.41, 5.74) is 0.295. The number of hydrogen-bond acceptors (Lipinski definition) is 2. The van der Waals surface area contributed by atoms with Gasteiger partial charge in [0.15, 0.2) is 5.60 Å². The zero-order valence-electron chi connectivity index (χ0n) is 7.03. The van der Waals surface area contributed by atoms with Gasteiger partial charge in [0, 0.05) is 12.8 Å². The topological polar surface area (TPSA) is 57.5 Å². The lowest BCUT2D eigenvalue weighted by molar-refractivity contribution is -0.157. The minimum atomic E-state index is -1.58. The average Bonchev–Trinajstić information content (AvgIpc) is 2.42. The molecule has 68 valence electrons. The van der Waals surface area contributed by atoms with E-state index in [1.165, 1.54) is 0 Å². The highest BCUT2D eigenvalue weighted by Gasteiger charge is 2.41. The Morgan fingerprint density at radius 3 is 2.08 bits per heavy atom. The summed E-state index contributed by atoms with van der Waals surface area (Å²) in [5.74, 6) is -1.14. The summed E-state index contributed by atoms with van der Waals surface area (Å²) in [5, 5.41) is 18.5. The lowest BCUT2D eigenvalue weighted by atomic mass is 10.0. The Morgan fingerprint density at radius 1 is 1.23 bits per heavy atom. The van der Waals surface area contributed by atoms with Crippen LogP contribution in [-0.4, -0.2) is 21.8 Å². The SMILES string of the molecule is O=C(O)C1(O)Cc2ccccc2C1. The van der Waals surface area contributed by atoms with Gasteiger partial charge in [-0.25, -0.2) is 4.79 Å². The fraction of sp³-hybridized carbons (Fsp3) is 0.300. The first kappa shape index (κ1) is 8.26. The third-order valence-corrected chi connectivity index (χ3v) is 2.48. The van der Waals surface area contributed by atoms with E-state index in [0.717, 1.165) is 11.1 Å².